The average Bonchev–Trinajstić information content (AvgIpc) is 2.66. The van der Waals surface area contributed by atoms with Crippen LogP contribution in [-0.4, -0.2) is 8.80 Å². The van der Waals surface area contributed by atoms with Gasteiger partial charge in [-0.2, -0.15) is 43.3 Å². The minimum Gasteiger partial charge on any atom is -0.335 e. The molecule has 0 saturated heterocycles. The van der Waals surface area contributed by atoms with Gasteiger partial charge in [-0.15, -0.1) is 0 Å². The second kappa shape index (κ2) is 18.5. The Bertz CT molecular complexity index is 564. The first-order valence-electron chi connectivity index (χ1n) is 8.79. The maximum atomic E-state index is 2.24. The minimum atomic E-state index is -0.877. The number of hydrogen-bond acceptors (Lipinski definition) is 0. The summed E-state index contributed by atoms with van der Waals surface area (Å²) < 4.78 is 0. The van der Waals surface area contributed by atoms with E-state index in [1.807, 2.05) is 40.5 Å². The summed E-state index contributed by atoms with van der Waals surface area (Å²) in [7, 11) is -0.877. The standard InChI is InChI=1S/C18H15Si.2C3H7.Li.Zn/c1-4-10-16(11-5-1)19(17-12-6-2-7-13-17)18-14-8-3-9-15-18;2*1-3-2;;/h1-15H;2*3H,1-2H3;;/q3*-1;+1;+2. The van der Waals surface area contributed by atoms with Crippen LogP contribution < -0.4 is 34.4 Å². The molecular formula is C24H29LiSiZn. The van der Waals surface area contributed by atoms with Crippen molar-refractivity contribution < 1.29 is 38.3 Å². The van der Waals surface area contributed by atoms with Gasteiger partial charge in [-0.25, -0.2) is 8.80 Å². The van der Waals surface area contributed by atoms with E-state index < -0.39 is 8.80 Å². The van der Waals surface area contributed by atoms with Crippen LogP contribution in [0.2, 0.25) is 0 Å². The maximum Gasteiger partial charge on any atom is 2.00 e. The van der Waals surface area contributed by atoms with Gasteiger partial charge in [0.15, 0.2) is 0 Å². The predicted octanol–water partition coefficient (Wildman–Crippen LogP) is 1.67. The fourth-order valence-corrected chi connectivity index (χ4v) is 4.89. The second-order valence-corrected chi connectivity index (χ2v) is 8.11. The smallest absolute Gasteiger partial charge is 0.335 e. The largest absolute Gasteiger partial charge is 2.00 e. The van der Waals surface area contributed by atoms with E-state index in [1.165, 1.54) is 15.6 Å². The zero-order chi connectivity index (χ0) is 18.3. The van der Waals surface area contributed by atoms with Gasteiger partial charge < -0.3 is 12.8 Å². The van der Waals surface area contributed by atoms with Gasteiger partial charge >= 0.3 is 38.3 Å². The molecule has 3 rings (SSSR count). The summed E-state index contributed by atoms with van der Waals surface area (Å²) in [5.41, 5.74) is 0. The van der Waals surface area contributed by atoms with Crippen LogP contribution in [0.1, 0.15) is 27.7 Å². The molecule has 0 aliphatic heterocycles. The Morgan fingerprint density at radius 3 is 0.852 bits per heavy atom. The Morgan fingerprint density at radius 1 is 0.481 bits per heavy atom. The van der Waals surface area contributed by atoms with Crippen molar-refractivity contribution in [1.82, 2.24) is 0 Å². The SMILES string of the molecule is C[CH-]C.C[CH-]C.[Li+].[Zn+2].c1ccc([Si-](c2ccccc2)c2ccccc2)cc1. The molecule has 132 valence electrons. The van der Waals surface area contributed by atoms with Crippen LogP contribution in [0, 0.1) is 12.8 Å². The summed E-state index contributed by atoms with van der Waals surface area (Å²) in [6, 6.07) is 32.5. The average molecular weight is 418 g/mol. The number of hydrogen-bond donors (Lipinski definition) is 0. The first-order valence-corrected chi connectivity index (χ1v) is 10.3. The van der Waals surface area contributed by atoms with E-state index in [0.717, 1.165) is 0 Å². The first-order chi connectivity index (χ1) is 12.3. The van der Waals surface area contributed by atoms with Gasteiger partial charge in [0.2, 0.25) is 0 Å². The first kappa shape index (κ1) is 28.3. The van der Waals surface area contributed by atoms with Gasteiger partial charge in [0, 0.05) is 0 Å². The Kier molecular flexibility index (Phi) is 19.4. The van der Waals surface area contributed by atoms with Crippen molar-refractivity contribution in [3.05, 3.63) is 104 Å². The Balaban J connectivity index is 0. The Morgan fingerprint density at radius 2 is 0.667 bits per heavy atom. The Labute approximate surface area is 193 Å². The summed E-state index contributed by atoms with van der Waals surface area (Å²) >= 11 is 0. The van der Waals surface area contributed by atoms with E-state index >= 15 is 0 Å². The van der Waals surface area contributed by atoms with Crippen molar-refractivity contribution in [3.8, 4) is 0 Å². The summed E-state index contributed by atoms with van der Waals surface area (Å²) in [4.78, 5) is 0. The zero-order valence-electron chi connectivity index (χ0n) is 17.5. The fourth-order valence-electron chi connectivity index (χ4n) is 2.31. The van der Waals surface area contributed by atoms with Gasteiger partial charge in [0.1, 0.15) is 0 Å². The van der Waals surface area contributed by atoms with Crippen LogP contribution >= 0.6 is 0 Å². The van der Waals surface area contributed by atoms with Gasteiger partial charge in [0.25, 0.3) is 0 Å². The molecule has 0 amide bonds. The third-order valence-electron chi connectivity index (χ3n) is 3.19. The third-order valence-corrected chi connectivity index (χ3v) is 5.92. The van der Waals surface area contributed by atoms with Crippen molar-refractivity contribution in [3.63, 3.8) is 0 Å². The van der Waals surface area contributed by atoms with Crippen molar-refractivity contribution in [1.29, 1.82) is 0 Å². The van der Waals surface area contributed by atoms with Crippen molar-refractivity contribution >= 4 is 24.4 Å². The molecule has 0 aliphatic rings. The molecule has 0 aromatic heterocycles. The van der Waals surface area contributed by atoms with Gasteiger partial charge in [0.05, 0.1) is 0 Å². The van der Waals surface area contributed by atoms with E-state index in [4.69, 9.17) is 0 Å². The van der Waals surface area contributed by atoms with Crippen molar-refractivity contribution in [2.75, 3.05) is 0 Å². The quantitative estimate of drug-likeness (QED) is 0.345. The molecule has 0 nitrogen and oxygen atoms in total. The molecule has 0 unspecified atom stereocenters. The summed E-state index contributed by atoms with van der Waals surface area (Å²) in [5.74, 6) is 0. The second-order valence-electron chi connectivity index (χ2n) is 5.63. The van der Waals surface area contributed by atoms with Crippen LogP contribution in [0.5, 0.6) is 0 Å². The third kappa shape index (κ3) is 10.9. The minimum absolute atomic E-state index is 0. The molecule has 0 radical (unpaired) electrons. The topological polar surface area (TPSA) is 0 Å². The van der Waals surface area contributed by atoms with E-state index in [1.54, 1.807) is 0 Å². The summed E-state index contributed by atoms with van der Waals surface area (Å²) in [6.45, 7) is 8.00. The van der Waals surface area contributed by atoms with Crippen molar-refractivity contribution in [2.24, 2.45) is 0 Å². The molecule has 3 aromatic rings. The fraction of sp³-hybridized carbons (Fsp3) is 0.167. The molecule has 0 bridgehead atoms. The molecule has 0 fully saturated rings. The number of rotatable bonds is 3. The molecule has 0 spiro atoms. The van der Waals surface area contributed by atoms with Crippen LogP contribution in [0.25, 0.3) is 0 Å². The molecule has 27 heavy (non-hydrogen) atoms. The van der Waals surface area contributed by atoms with Gasteiger partial charge in [-0.05, 0) is 0 Å². The molecule has 0 N–H and O–H groups in total. The summed E-state index contributed by atoms with van der Waals surface area (Å²) in [6.07, 6.45) is 4.00. The number of benzene rings is 3. The van der Waals surface area contributed by atoms with Gasteiger partial charge in [-0.1, -0.05) is 91.0 Å². The zero-order valence-corrected chi connectivity index (χ0v) is 21.5. The van der Waals surface area contributed by atoms with Crippen LogP contribution in [0.15, 0.2) is 91.0 Å². The van der Waals surface area contributed by atoms with Crippen LogP contribution in [-0.2, 0) is 19.5 Å². The van der Waals surface area contributed by atoms with Gasteiger partial charge in [-0.3, -0.25) is 0 Å². The molecular weight excluding hydrogens is 389 g/mol. The summed E-state index contributed by atoms with van der Waals surface area (Å²) in [5, 5.41) is 4.31. The molecule has 3 aromatic carbocycles. The normalized spacial score (nSPS) is 8.44. The molecule has 0 aliphatic carbocycles. The van der Waals surface area contributed by atoms with E-state index in [0.29, 0.717) is 0 Å². The van der Waals surface area contributed by atoms with Crippen LogP contribution in [0.3, 0.4) is 0 Å². The molecule has 3 heteroatoms. The molecule has 0 atom stereocenters. The Hall–Kier alpha value is -0.902. The predicted molar refractivity (Wildman–Crippen MR) is 115 cm³/mol. The molecule has 0 saturated carbocycles. The monoisotopic (exact) mass is 416 g/mol. The van der Waals surface area contributed by atoms with E-state index in [-0.39, 0.29) is 38.3 Å². The maximum absolute atomic E-state index is 2.24. The van der Waals surface area contributed by atoms with Crippen LogP contribution in [0.4, 0.5) is 0 Å². The van der Waals surface area contributed by atoms with E-state index in [9.17, 15) is 0 Å². The molecule has 0 heterocycles. The van der Waals surface area contributed by atoms with Crippen molar-refractivity contribution in [2.45, 2.75) is 27.7 Å². The van der Waals surface area contributed by atoms with E-state index in [2.05, 4.69) is 91.0 Å².